The van der Waals surface area contributed by atoms with Gasteiger partial charge in [0.05, 0.1) is 12.5 Å². The highest BCUT2D eigenvalue weighted by Gasteiger charge is 2.30. The first kappa shape index (κ1) is 17.2. The number of hydrogen-bond acceptors (Lipinski definition) is 4. The fourth-order valence-corrected chi connectivity index (χ4v) is 2.99. The molecule has 0 spiro atoms. The van der Waals surface area contributed by atoms with Crippen molar-refractivity contribution in [3.05, 3.63) is 48.0 Å². The van der Waals surface area contributed by atoms with Crippen LogP contribution in [-0.4, -0.2) is 36.5 Å². The molecule has 2 heterocycles. The second-order valence-corrected chi connectivity index (χ2v) is 6.01. The average molecular weight is 345 g/mol. The zero-order valence-corrected chi connectivity index (χ0v) is 14.0. The number of likely N-dealkylation sites (tertiary alicyclic amines) is 1. The van der Waals surface area contributed by atoms with E-state index in [1.54, 1.807) is 36.1 Å². The third-order valence-electron chi connectivity index (χ3n) is 4.27. The van der Waals surface area contributed by atoms with Crippen molar-refractivity contribution in [1.82, 2.24) is 4.90 Å². The van der Waals surface area contributed by atoms with Crippen LogP contribution in [-0.2, 0) is 9.53 Å². The lowest BCUT2D eigenvalue weighted by Crippen LogP contribution is -2.42. The Labute approximate surface area is 145 Å². The molecule has 25 heavy (non-hydrogen) atoms. The van der Waals surface area contributed by atoms with Crippen molar-refractivity contribution in [2.24, 2.45) is 5.92 Å². The van der Waals surface area contributed by atoms with Crippen molar-refractivity contribution in [2.45, 2.75) is 19.8 Å². The monoisotopic (exact) mass is 345 g/mol. The largest absolute Gasteiger partial charge is 0.466 e. The van der Waals surface area contributed by atoms with Gasteiger partial charge in [-0.25, -0.2) is 4.39 Å². The number of esters is 1. The topological polar surface area (TPSA) is 59.8 Å². The highest BCUT2D eigenvalue weighted by Crippen LogP contribution is 2.25. The molecule has 0 aliphatic carbocycles. The third-order valence-corrected chi connectivity index (χ3v) is 4.27. The van der Waals surface area contributed by atoms with Crippen molar-refractivity contribution in [1.29, 1.82) is 0 Å². The zero-order chi connectivity index (χ0) is 17.8. The summed E-state index contributed by atoms with van der Waals surface area (Å²) in [7, 11) is 0. The average Bonchev–Trinajstić information content (AvgIpc) is 3.12. The van der Waals surface area contributed by atoms with Crippen molar-refractivity contribution >= 4 is 11.9 Å². The van der Waals surface area contributed by atoms with Crippen molar-refractivity contribution in [3.8, 4) is 11.3 Å². The summed E-state index contributed by atoms with van der Waals surface area (Å²) < 4.78 is 23.7. The highest BCUT2D eigenvalue weighted by atomic mass is 19.1. The molecule has 132 valence electrons. The van der Waals surface area contributed by atoms with E-state index in [2.05, 4.69) is 0 Å². The van der Waals surface area contributed by atoms with E-state index in [-0.39, 0.29) is 29.4 Å². The van der Waals surface area contributed by atoms with Gasteiger partial charge >= 0.3 is 5.97 Å². The molecule has 1 fully saturated rings. The molecule has 6 heteroatoms. The quantitative estimate of drug-likeness (QED) is 0.796. The van der Waals surface area contributed by atoms with E-state index in [0.717, 1.165) is 12.8 Å². The minimum atomic E-state index is -0.329. The molecule has 3 rings (SSSR count). The molecular weight excluding hydrogens is 325 g/mol. The lowest BCUT2D eigenvalue weighted by atomic mass is 9.98. The SMILES string of the molecule is CCOC(=O)[C@@H]1CCCN(C(=O)c2ccc(-c3ccc(F)cc3)o2)C1. The number of ether oxygens (including phenoxy) is 1. The van der Waals surface area contributed by atoms with Gasteiger partial charge in [-0.15, -0.1) is 0 Å². The number of benzene rings is 1. The van der Waals surface area contributed by atoms with Crippen LogP contribution < -0.4 is 0 Å². The first-order valence-electron chi connectivity index (χ1n) is 8.40. The van der Waals surface area contributed by atoms with Crippen LogP contribution >= 0.6 is 0 Å². The molecule has 1 amide bonds. The van der Waals surface area contributed by atoms with Gasteiger partial charge in [0.1, 0.15) is 11.6 Å². The van der Waals surface area contributed by atoms with Gasteiger partial charge in [-0.1, -0.05) is 0 Å². The van der Waals surface area contributed by atoms with Crippen LogP contribution in [0, 0.1) is 11.7 Å². The number of carbonyl (C=O) groups is 2. The zero-order valence-electron chi connectivity index (χ0n) is 14.0. The highest BCUT2D eigenvalue weighted by molar-refractivity contribution is 5.92. The second kappa shape index (κ2) is 7.51. The normalized spacial score (nSPS) is 17.4. The third kappa shape index (κ3) is 3.90. The van der Waals surface area contributed by atoms with Gasteiger partial charge in [0.2, 0.25) is 0 Å². The van der Waals surface area contributed by atoms with Crippen LogP contribution in [0.5, 0.6) is 0 Å². The maximum atomic E-state index is 13.0. The van der Waals surface area contributed by atoms with E-state index >= 15 is 0 Å². The number of rotatable bonds is 4. The maximum absolute atomic E-state index is 13.0. The first-order valence-corrected chi connectivity index (χ1v) is 8.40. The van der Waals surface area contributed by atoms with Crippen LogP contribution in [0.4, 0.5) is 4.39 Å². The summed E-state index contributed by atoms with van der Waals surface area (Å²) in [6.07, 6.45) is 1.47. The van der Waals surface area contributed by atoms with Gasteiger partial charge in [-0.3, -0.25) is 9.59 Å². The Hall–Kier alpha value is -2.63. The van der Waals surface area contributed by atoms with Gasteiger partial charge in [-0.05, 0) is 56.2 Å². The van der Waals surface area contributed by atoms with E-state index in [4.69, 9.17) is 9.15 Å². The summed E-state index contributed by atoms with van der Waals surface area (Å²) >= 11 is 0. The summed E-state index contributed by atoms with van der Waals surface area (Å²) in [6.45, 7) is 3.03. The molecule has 1 aromatic heterocycles. The van der Waals surface area contributed by atoms with E-state index in [1.807, 2.05) is 0 Å². The fourth-order valence-electron chi connectivity index (χ4n) is 2.99. The summed E-state index contributed by atoms with van der Waals surface area (Å²) in [5.74, 6) is -0.408. The molecule has 1 aromatic carbocycles. The summed E-state index contributed by atoms with van der Waals surface area (Å²) in [4.78, 5) is 26.2. The fraction of sp³-hybridized carbons (Fsp3) is 0.368. The number of amides is 1. The molecule has 0 saturated carbocycles. The van der Waals surface area contributed by atoms with Crippen LogP contribution in [0.2, 0.25) is 0 Å². The van der Waals surface area contributed by atoms with Crippen LogP contribution in [0.1, 0.15) is 30.3 Å². The first-order chi connectivity index (χ1) is 12.1. The molecule has 1 aliphatic rings. The Morgan fingerprint density at radius 1 is 1.24 bits per heavy atom. The summed E-state index contributed by atoms with van der Waals surface area (Å²) in [6, 6.07) is 9.17. The van der Waals surface area contributed by atoms with Crippen LogP contribution in [0.15, 0.2) is 40.8 Å². The maximum Gasteiger partial charge on any atom is 0.310 e. The van der Waals surface area contributed by atoms with Gasteiger partial charge in [0.15, 0.2) is 5.76 Å². The van der Waals surface area contributed by atoms with E-state index < -0.39 is 0 Å². The van der Waals surface area contributed by atoms with Crippen molar-refractivity contribution in [2.75, 3.05) is 19.7 Å². The Bertz CT molecular complexity index is 753. The predicted molar refractivity (Wildman–Crippen MR) is 89.4 cm³/mol. The molecule has 1 aliphatic heterocycles. The van der Waals surface area contributed by atoms with E-state index in [1.165, 1.54) is 12.1 Å². The molecule has 1 saturated heterocycles. The predicted octanol–water partition coefficient (Wildman–Crippen LogP) is 3.50. The lowest BCUT2D eigenvalue weighted by Gasteiger charge is -2.30. The number of carbonyl (C=O) groups excluding carboxylic acids is 2. The molecule has 2 aromatic rings. The number of nitrogens with zero attached hydrogens (tertiary/aromatic N) is 1. The second-order valence-electron chi connectivity index (χ2n) is 6.01. The summed E-state index contributed by atoms with van der Waals surface area (Å²) in [5, 5.41) is 0. The molecule has 5 nitrogen and oxygen atoms in total. The van der Waals surface area contributed by atoms with E-state index in [0.29, 0.717) is 31.0 Å². The molecule has 0 bridgehead atoms. The van der Waals surface area contributed by atoms with Crippen molar-refractivity contribution < 1.29 is 23.1 Å². The number of halogens is 1. The lowest BCUT2D eigenvalue weighted by molar-refractivity contribution is -0.149. The van der Waals surface area contributed by atoms with Gasteiger partial charge in [0, 0.05) is 18.7 Å². The van der Waals surface area contributed by atoms with Gasteiger partial charge in [-0.2, -0.15) is 0 Å². The standard InChI is InChI=1S/C19H20FNO4/c1-2-24-19(23)14-4-3-11-21(12-14)18(22)17-10-9-16(25-17)13-5-7-15(20)8-6-13/h5-10,14H,2-4,11-12H2,1H3/t14-/m1/s1. The van der Waals surface area contributed by atoms with Crippen LogP contribution in [0.3, 0.4) is 0 Å². The van der Waals surface area contributed by atoms with Crippen LogP contribution in [0.25, 0.3) is 11.3 Å². The van der Waals surface area contributed by atoms with E-state index in [9.17, 15) is 14.0 Å². The van der Waals surface area contributed by atoms with Gasteiger partial charge < -0.3 is 14.1 Å². The Morgan fingerprint density at radius 2 is 2.00 bits per heavy atom. The summed E-state index contributed by atoms with van der Waals surface area (Å²) in [5.41, 5.74) is 0.698. The number of hydrogen-bond donors (Lipinski definition) is 0. The molecule has 0 unspecified atom stereocenters. The number of furan rings is 1. The molecule has 1 atom stereocenters. The Kier molecular flexibility index (Phi) is 5.16. The minimum absolute atomic E-state index is 0.212. The molecule has 0 N–H and O–H groups in total. The van der Waals surface area contributed by atoms with Crippen molar-refractivity contribution in [3.63, 3.8) is 0 Å². The number of piperidine rings is 1. The smallest absolute Gasteiger partial charge is 0.310 e. The Morgan fingerprint density at radius 3 is 2.72 bits per heavy atom. The molecule has 0 radical (unpaired) electrons. The minimum Gasteiger partial charge on any atom is -0.466 e. The Balaban J connectivity index is 1.70. The van der Waals surface area contributed by atoms with Gasteiger partial charge in [0.25, 0.3) is 5.91 Å². The molecular formula is C19H20FNO4.